The summed E-state index contributed by atoms with van der Waals surface area (Å²) in [5.74, 6) is 0.259. The Balaban J connectivity index is 1.65. The Labute approximate surface area is 140 Å². The predicted octanol–water partition coefficient (Wildman–Crippen LogP) is 4.34. The number of aromatic nitrogens is 1. The molecule has 0 saturated carbocycles. The molecule has 1 saturated heterocycles. The molecule has 2 aromatic rings. The van der Waals surface area contributed by atoms with Crippen molar-refractivity contribution in [2.24, 2.45) is 5.92 Å². The molecule has 1 aliphatic heterocycles. The normalized spacial score (nSPS) is 17.5. The van der Waals surface area contributed by atoms with Gasteiger partial charge in [0.05, 0.1) is 6.10 Å². The van der Waals surface area contributed by atoms with Gasteiger partial charge >= 0.3 is 0 Å². The first-order valence-corrected chi connectivity index (χ1v) is 8.18. The fraction of sp³-hybridized carbons (Fsp3) is 0.353. The van der Waals surface area contributed by atoms with Crippen molar-refractivity contribution < 1.29 is 5.11 Å². The minimum Gasteiger partial charge on any atom is -0.388 e. The fourth-order valence-electron chi connectivity index (χ4n) is 3.02. The number of aliphatic hydroxyl groups is 1. The first-order valence-electron chi connectivity index (χ1n) is 7.42. The van der Waals surface area contributed by atoms with Crippen molar-refractivity contribution in [2.45, 2.75) is 18.9 Å². The number of nitrogens with zero attached hydrogens (tertiary/aromatic N) is 2. The zero-order chi connectivity index (χ0) is 15.5. The summed E-state index contributed by atoms with van der Waals surface area (Å²) in [5.41, 5.74) is 1.94. The van der Waals surface area contributed by atoms with E-state index in [1.807, 2.05) is 24.3 Å². The average molecular weight is 337 g/mol. The summed E-state index contributed by atoms with van der Waals surface area (Å²) in [5, 5.41) is 11.8. The number of pyridine rings is 1. The van der Waals surface area contributed by atoms with Crippen LogP contribution in [0, 0.1) is 5.92 Å². The van der Waals surface area contributed by atoms with Crippen molar-refractivity contribution in [3.63, 3.8) is 0 Å². The van der Waals surface area contributed by atoms with Gasteiger partial charge in [-0.25, -0.2) is 0 Å². The van der Waals surface area contributed by atoms with Crippen LogP contribution in [0.2, 0.25) is 10.0 Å². The molecule has 5 heteroatoms. The Bertz CT molecular complexity index is 608. The maximum atomic E-state index is 10.5. The van der Waals surface area contributed by atoms with Crippen molar-refractivity contribution >= 4 is 28.9 Å². The van der Waals surface area contributed by atoms with Crippen LogP contribution in [0.25, 0.3) is 0 Å². The lowest BCUT2D eigenvalue weighted by Crippen LogP contribution is -2.35. The van der Waals surface area contributed by atoms with E-state index in [2.05, 4.69) is 9.88 Å². The Hall–Kier alpha value is -1.29. The highest BCUT2D eigenvalue weighted by Gasteiger charge is 2.26. The first-order chi connectivity index (χ1) is 10.6. The second-order valence-corrected chi connectivity index (χ2v) is 6.56. The first kappa shape index (κ1) is 15.6. The van der Waals surface area contributed by atoms with Gasteiger partial charge in [-0.3, -0.25) is 4.98 Å². The van der Waals surface area contributed by atoms with Crippen molar-refractivity contribution in [1.29, 1.82) is 0 Å². The molecule has 1 aromatic heterocycles. The predicted molar refractivity (Wildman–Crippen MR) is 90.6 cm³/mol. The van der Waals surface area contributed by atoms with Gasteiger partial charge in [-0.05, 0) is 48.6 Å². The van der Waals surface area contributed by atoms with Gasteiger partial charge in [0, 0.05) is 41.2 Å². The summed E-state index contributed by atoms with van der Waals surface area (Å²) in [6, 6.07) is 9.41. The Kier molecular flexibility index (Phi) is 4.87. The Morgan fingerprint density at radius 3 is 2.41 bits per heavy atom. The van der Waals surface area contributed by atoms with Gasteiger partial charge in [-0.15, -0.1) is 0 Å². The Morgan fingerprint density at radius 2 is 1.82 bits per heavy atom. The van der Waals surface area contributed by atoms with Crippen LogP contribution in [0.15, 0.2) is 42.7 Å². The average Bonchev–Trinajstić information content (AvgIpc) is 2.54. The van der Waals surface area contributed by atoms with E-state index in [4.69, 9.17) is 23.2 Å². The van der Waals surface area contributed by atoms with E-state index in [0.29, 0.717) is 10.0 Å². The molecule has 1 atom stereocenters. The van der Waals surface area contributed by atoms with Gasteiger partial charge in [0.1, 0.15) is 0 Å². The number of anilines is 1. The van der Waals surface area contributed by atoms with E-state index in [0.717, 1.165) is 37.2 Å². The van der Waals surface area contributed by atoms with Crippen molar-refractivity contribution in [3.8, 4) is 0 Å². The lowest BCUT2D eigenvalue weighted by molar-refractivity contribution is 0.0926. The third-order valence-corrected chi connectivity index (χ3v) is 4.66. The summed E-state index contributed by atoms with van der Waals surface area (Å²) in [7, 11) is 0. The molecule has 116 valence electrons. The molecule has 2 heterocycles. The number of hydrogen-bond donors (Lipinski definition) is 1. The van der Waals surface area contributed by atoms with Gasteiger partial charge < -0.3 is 10.0 Å². The van der Waals surface area contributed by atoms with Gasteiger partial charge in [0.2, 0.25) is 0 Å². The van der Waals surface area contributed by atoms with Crippen molar-refractivity contribution in [2.75, 3.05) is 18.0 Å². The maximum absolute atomic E-state index is 10.5. The third kappa shape index (κ3) is 3.54. The van der Waals surface area contributed by atoms with Crippen LogP contribution in [0.4, 0.5) is 5.69 Å². The summed E-state index contributed by atoms with van der Waals surface area (Å²) >= 11 is 12.1. The minimum atomic E-state index is -0.446. The molecule has 0 amide bonds. The molecule has 0 spiro atoms. The molecule has 1 N–H and O–H groups in total. The van der Waals surface area contributed by atoms with Crippen LogP contribution in [-0.2, 0) is 0 Å². The zero-order valence-corrected chi connectivity index (χ0v) is 13.6. The molecular weight excluding hydrogens is 319 g/mol. The number of aliphatic hydroxyl groups excluding tert-OH is 1. The highest BCUT2D eigenvalue weighted by Crippen LogP contribution is 2.33. The summed E-state index contributed by atoms with van der Waals surface area (Å²) < 4.78 is 0. The van der Waals surface area contributed by atoms with E-state index in [-0.39, 0.29) is 5.92 Å². The van der Waals surface area contributed by atoms with Crippen LogP contribution >= 0.6 is 23.2 Å². The molecule has 3 rings (SSSR count). The monoisotopic (exact) mass is 336 g/mol. The van der Waals surface area contributed by atoms with Crippen molar-refractivity contribution in [3.05, 3.63) is 58.3 Å². The highest BCUT2D eigenvalue weighted by molar-refractivity contribution is 6.35. The van der Waals surface area contributed by atoms with Crippen LogP contribution in [0.3, 0.4) is 0 Å². The lowest BCUT2D eigenvalue weighted by Gasteiger charge is -2.35. The molecule has 0 bridgehead atoms. The molecule has 3 nitrogen and oxygen atoms in total. The Morgan fingerprint density at radius 1 is 1.14 bits per heavy atom. The molecule has 22 heavy (non-hydrogen) atoms. The largest absolute Gasteiger partial charge is 0.388 e. The van der Waals surface area contributed by atoms with E-state index < -0.39 is 6.10 Å². The van der Waals surface area contributed by atoms with Crippen LogP contribution in [0.1, 0.15) is 24.5 Å². The van der Waals surface area contributed by atoms with Gasteiger partial charge in [0.25, 0.3) is 0 Å². The van der Waals surface area contributed by atoms with Crippen LogP contribution in [-0.4, -0.2) is 23.2 Å². The van der Waals surface area contributed by atoms with E-state index in [1.54, 1.807) is 18.5 Å². The maximum Gasteiger partial charge on any atom is 0.0834 e. The SMILES string of the molecule is O[C@H](c1cccnc1)C1CCN(c2cc(Cl)cc(Cl)c2)CC1. The molecule has 1 aromatic carbocycles. The summed E-state index contributed by atoms with van der Waals surface area (Å²) in [6.45, 7) is 1.78. The summed E-state index contributed by atoms with van der Waals surface area (Å²) in [4.78, 5) is 6.35. The fourth-order valence-corrected chi connectivity index (χ4v) is 3.53. The number of hydrogen-bond acceptors (Lipinski definition) is 3. The zero-order valence-electron chi connectivity index (χ0n) is 12.1. The van der Waals surface area contributed by atoms with E-state index in [9.17, 15) is 5.11 Å². The minimum absolute atomic E-state index is 0.259. The standard InChI is InChI=1S/C17H18Cl2N2O/c18-14-8-15(19)10-16(9-14)21-6-3-12(4-7-21)17(22)13-2-1-5-20-11-13/h1-2,5,8-12,17,22H,3-4,6-7H2/t17-/m0/s1. The second-order valence-electron chi connectivity index (χ2n) is 5.68. The topological polar surface area (TPSA) is 36.4 Å². The van der Waals surface area contributed by atoms with Crippen molar-refractivity contribution in [1.82, 2.24) is 4.98 Å². The van der Waals surface area contributed by atoms with E-state index in [1.165, 1.54) is 0 Å². The van der Waals surface area contributed by atoms with Gasteiger partial charge in [0.15, 0.2) is 0 Å². The molecule has 1 aliphatic rings. The van der Waals surface area contributed by atoms with Gasteiger partial charge in [-0.1, -0.05) is 29.3 Å². The third-order valence-electron chi connectivity index (χ3n) is 4.22. The number of benzene rings is 1. The molecule has 0 radical (unpaired) electrons. The molecule has 0 aliphatic carbocycles. The number of rotatable bonds is 3. The highest BCUT2D eigenvalue weighted by atomic mass is 35.5. The summed E-state index contributed by atoms with van der Waals surface area (Å²) in [6.07, 6.45) is 4.88. The smallest absolute Gasteiger partial charge is 0.0834 e. The number of halogens is 2. The molecule has 1 fully saturated rings. The lowest BCUT2D eigenvalue weighted by atomic mass is 9.88. The van der Waals surface area contributed by atoms with E-state index >= 15 is 0 Å². The molecule has 0 unspecified atom stereocenters. The van der Waals surface area contributed by atoms with Crippen LogP contribution < -0.4 is 4.90 Å². The second kappa shape index (κ2) is 6.86. The van der Waals surface area contributed by atoms with Gasteiger partial charge in [-0.2, -0.15) is 0 Å². The van der Waals surface area contributed by atoms with Crippen LogP contribution in [0.5, 0.6) is 0 Å². The quantitative estimate of drug-likeness (QED) is 0.905. The molecular formula is C17H18Cl2N2O. The number of piperidine rings is 1.